The molecule has 0 aliphatic rings. The minimum absolute atomic E-state index is 0.0661. The van der Waals surface area contributed by atoms with E-state index < -0.39 is 12.2 Å². The Kier molecular flexibility index (Phi) is 5.62. The number of alkyl halides is 3. The van der Waals surface area contributed by atoms with E-state index in [1.54, 1.807) is 6.92 Å². The van der Waals surface area contributed by atoms with Gasteiger partial charge in [0.2, 0.25) is 0 Å². The fourth-order valence-corrected chi connectivity index (χ4v) is 3.29. The maximum absolute atomic E-state index is 13.5. The first kappa shape index (κ1) is 18.8. The van der Waals surface area contributed by atoms with Gasteiger partial charge in [0, 0.05) is 17.6 Å². The molecule has 1 heterocycles. The molecule has 1 aromatic heterocycles. The third kappa shape index (κ3) is 4.12. The first-order valence-electron chi connectivity index (χ1n) is 6.87. The molecule has 0 aliphatic carbocycles. The highest BCUT2D eigenvalue weighted by molar-refractivity contribution is 7.97. The van der Waals surface area contributed by atoms with E-state index in [1.165, 1.54) is 44.6 Å². The fraction of sp³-hybridized carbons (Fsp3) is 0.333. The van der Waals surface area contributed by atoms with E-state index in [2.05, 4.69) is 5.10 Å². The Morgan fingerprint density at radius 3 is 2.42 bits per heavy atom. The van der Waals surface area contributed by atoms with Gasteiger partial charge >= 0.3 is 6.18 Å². The molecule has 2 rings (SSSR count). The molecule has 0 aliphatic heterocycles. The normalized spacial score (nSPS) is 13.3. The van der Waals surface area contributed by atoms with Gasteiger partial charge in [-0.15, -0.1) is 0 Å². The molecule has 0 bridgehead atoms. The van der Waals surface area contributed by atoms with Crippen LogP contribution in [0.15, 0.2) is 40.2 Å². The highest BCUT2D eigenvalue weighted by Crippen LogP contribution is 2.42. The smallest absolute Gasteiger partial charge is 0.267 e. The van der Waals surface area contributed by atoms with Gasteiger partial charge in [-0.2, -0.15) is 18.3 Å². The van der Waals surface area contributed by atoms with Gasteiger partial charge in [-0.3, -0.25) is 4.79 Å². The summed E-state index contributed by atoms with van der Waals surface area (Å²) in [7, 11) is 2.81. The van der Waals surface area contributed by atoms with Crippen molar-refractivity contribution in [3.8, 4) is 0 Å². The minimum Gasteiger partial charge on any atom is -0.267 e. The zero-order valence-electron chi connectivity index (χ0n) is 13.1. The number of aryl methyl sites for hydroxylation is 1. The Morgan fingerprint density at radius 1 is 1.29 bits per heavy atom. The van der Waals surface area contributed by atoms with Crippen molar-refractivity contribution < 1.29 is 13.2 Å². The van der Waals surface area contributed by atoms with Crippen molar-refractivity contribution in [3.05, 3.63) is 57.0 Å². The van der Waals surface area contributed by atoms with Gasteiger partial charge in [0.25, 0.3) is 5.56 Å². The predicted molar refractivity (Wildman–Crippen MR) is 88.1 cm³/mol. The van der Waals surface area contributed by atoms with Crippen molar-refractivity contribution in [2.45, 2.75) is 24.0 Å². The van der Waals surface area contributed by atoms with Crippen LogP contribution in [0.25, 0.3) is 0 Å². The second-order valence-corrected chi connectivity index (χ2v) is 6.83. The molecule has 0 fully saturated rings. The highest BCUT2D eigenvalue weighted by Gasteiger charge is 2.44. The molecular weight excluding hydrogens is 363 g/mol. The molecule has 0 N–H and O–H groups in total. The number of nitrogens with zero attached hydrogens (tertiary/aromatic N) is 3. The molecule has 0 amide bonds. The van der Waals surface area contributed by atoms with Crippen LogP contribution in [0.1, 0.15) is 17.2 Å². The summed E-state index contributed by atoms with van der Waals surface area (Å²) in [5.41, 5.74) is 0.0705. The SMILES string of the molecule is Cc1c(SN(C)[C@H](c2ccc(Cl)cc2)C(F)(F)F)cnn(C)c1=O. The molecule has 9 heteroatoms. The average molecular weight is 378 g/mol. The molecule has 24 heavy (non-hydrogen) atoms. The van der Waals surface area contributed by atoms with E-state index in [0.29, 0.717) is 15.5 Å². The predicted octanol–water partition coefficient (Wildman–Crippen LogP) is 3.98. The third-order valence-corrected chi connectivity index (χ3v) is 4.79. The van der Waals surface area contributed by atoms with Crippen LogP contribution < -0.4 is 5.56 Å². The van der Waals surface area contributed by atoms with E-state index in [-0.39, 0.29) is 11.1 Å². The largest absolute Gasteiger partial charge is 0.408 e. The number of aromatic nitrogens is 2. The number of halogens is 4. The van der Waals surface area contributed by atoms with Crippen molar-refractivity contribution in [3.63, 3.8) is 0 Å². The maximum Gasteiger partial charge on any atom is 0.408 e. The van der Waals surface area contributed by atoms with Crippen molar-refractivity contribution in [1.82, 2.24) is 14.1 Å². The van der Waals surface area contributed by atoms with Crippen LogP contribution in [0.5, 0.6) is 0 Å². The van der Waals surface area contributed by atoms with Crippen LogP contribution in [0.4, 0.5) is 13.2 Å². The summed E-state index contributed by atoms with van der Waals surface area (Å²) in [4.78, 5) is 12.3. The number of hydrogen-bond donors (Lipinski definition) is 0. The van der Waals surface area contributed by atoms with E-state index in [0.717, 1.165) is 20.9 Å². The van der Waals surface area contributed by atoms with Crippen molar-refractivity contribution in [2.24, 2.45) is 7.05 Å². The maximum atomic E-state index is 13.5. The Labute approximate surface area is 146 Å². The fourth-order valence-electron chi connectivity index (χ4n) is 2.19. The lowest BCUT2D eigenvalue weighted by molar-refractivity contribution is -0.169. The van der Waals surface area contributed by atoms with Crippen molar-refractivity contribution >= 4 is 23.5 Å². The third-order valence-electron chi connectivity index (χ3n) is 3.43. The van der Waals surface area contributed by atoms with E-state index in [1.807, 2.05) is 0 Å². The van der Waals surface area contributed by atoms with Crippen LogP contribution in [-0.2, 0) is 7.05 Å². The zero-order chi connectivity index (χ0) is 18.1. The van der Waals surface area contributed by atoms with Gasteiger partial charge in [0.05, 0.1) is 11.1 Å². The molecule has 4 nitrogen and oxygen atoms in total. The Balaban J connectivity index is 2.36. The topological polar surface area (TPSA) is 38.1 Å². The quantitative estimate of drug-likeness (QED) is 0.755. The number of benzene rings is 1. The summed E-state index contributed by atoms with van der Waals surface area (Å²) in [5, 5.41) is 4.22. The molecule has 1 aromatic carbocycles. The molecule has 0 spiro atoms. The first-order chi connectivity index (χ1) is 11.1. The molecule has 0 radical (unpaired) electrons. The van der Waals surface area contributed by atoms with Gasteiger partial charge in [0.15, 0.2) is 0 Å². The molecule has 0 saturated carbocycles. The first-order valence-corrected chi connectivity index (χ1v) is 8.02. The lowest BCUT2D eigenvalue weighted by Gasteiger charge is -2.29. The number of rotatable bonds is 4. The summed E-state index contributed by atoms with van der Waals surface area (Å²) >= 11 is 6.58. The van der Waals surface area contributed by atoms with Gasteiger partial charge in [-0.05, 0) is 43.6 Å². The lowest BCUT2D eigenvalue weighted by atomic mass is 10.1. The van der Waals surface area contributed by atoms with Crippen molar-refractivity contribution in [2.75, 3.05) is 7.05 Å². The Bertz CT molecular complexity index is 777. The van der Waals surface area contributed by atoms with Crippen LogP contribution in [0, 0.1) is 6.92 Å². The number of hydrogen-bond acceptors (Lipinski definition) is 4. The molecule has 130 valence electrons. The van der Waals surface area contributed by atoms with Crippen LogP contribution in [0.3, 0.4) is 0 Å². The summed E-state index contributed by atoms with van der Waals surface area (Å²) in [6.07, 6.45) is -3.11. The van der Waals surface area contributed by atoms with Crippen LogP contribution in [-0.4, -0.2) is 27.3 Å². The van der Waals surface area contributed by atoms with Gasteiger partial charge in [0.1, 0.15) is 6.04 Å². The Morgan fingerprint density at radius 2 is 1.88 bits per heavy atom. The van der Waals surface area contributed by atoms with E-state index in [9.17, 15) is 18.0 Å². The minimum atomic E-state index is -4.49. The monoisotopic (exact) mass is 377 g/mol. The van der Waals surface area contributed by atoms with E-state index in [4.69, 9.17) is 11.6 Å². The summed E-state index contributed by atoms with van der Waals surface area (Å²) in [5.74, 6) is 0. The average Bonchev–Trinajstić information content (AvgIpc) is 2.49. The molecule has 2 aromatic rings. The van der Waals surface area contributed by atoms with Crippen LogP contribution in [0.2, 0.25) is 5.02 Å². The molecular formula is C15H15ClF3N3OS. The lowest BCUT2D eigenvalue weighted by Crippen LogP contribution is -2.32. The highest BCUT2D eigenvalue weighted by atomic mass is 35.5. The Hall–Kier alpha value is -1.51. The van der Waals surface area contributed by atoms with Gasteiger partial charge < -0.3 is 0 Å². The van der Waals surface area contributed by atoms with Crippen molar-refractivity contribution in [1.29, 1.82) is 0 Å². The molecule has 0 saturated heterocycles. The summed E-state index contributed by atoms with van der Waals surface area (Å²) in [6, 6.07) is 3.67. The van der Waals surface area contributed by atoms with Gasteiger partial charge in [-0.1, -0.05) is 23.7 Å². The second kappa shape index (κ2) is 7.16. The molecule has 0 unspecified atom stereocenters. The second-order valence-electron chi connectivity index (χ2n) is 5.20. The standard InChI is InChI=1S/C15H15ClF3N3OS/c1-9-12(8-20-21(2)14(9)23)24-22(3)13(15(17,18)19)10-4-6-11(16)7-5-10/h4-8,13H,1-3H3/t13-/m1/s1. The summed E-state index contributed by atoms with van der Waals surface area (Å²) < 4.78 is 42.8. The van der Waals surface area contributed by atoms with Gasteiger partial charge in [-0.25, -0.2) is 8.99 Å². The molecule has 1 atom stereocenters. The summed E-state index contributed by atoms with van der Waals surface area (Å²) in [6.45, 7) is 1.56. The van der Waals surface area contributed by atoms with E-state index >= 15 is 0 Å². The zero-order valence-corrected chi connectivity index (χ0v) is 14.7. The van der Waals surface area contributed by atoms with Crippen LogP contribution >= 0.6 is 23.5 Å².